The molecule has 0 bridgehead atoms. The van der Waals surface area contributed by atoms with Gasteiger partial charge in [-0.3, -0.25) is 15.6 Å². The van der Waals surface area contributed by atoms with E-state index in [1.165, 1.54) is 0 Å². The minimum atomic E-state index is -0.366. The minimum absolute atomic E-state index is 0.366. The van der Waals surface area contributed by atoms with Gasteiger partial charge in [-0.15, -0.1) is 11.8 Å². The number of carbonyl (C=O) groups is 1. The van der Waals surface area contributed by atoms with Crippen molar-refractivity contribution in [3.05, 3.63) is 60.2 Å². The van der Waals surface area contributed by atoms with E-state index in [-0.39, 0.29) is 6.03 Å². The molecule has 0 atom stereocenters. The van der Waals surface area contributed by atoms with E-state index >= 15 is 0 Å². The number of rotatable bonds is 6. The molecule has 0 aromatic carbocycles. The van der Waals surface area contributed by atoms with Gasteiger partial charge in [-0.05, 0) is 44.2 Å². The first-order valence-electron chi connectivity index (χ1n) is 8.81. The molecule has 2 aromatic heterocycles. The van der Waals surface area contributed by atoms with Gasteiger partial charge in [0.05, 0.1) is 0 Å². The molecule has 1 aliphatic heterocycles. The van der Waals surface area contributed by atoms with Gasteiger partial charge in [-0.2, -0.15) is 0 Å². The third-order valence-electron chi connectivity index (χ3n) is 3.95. The molecule has 3 heterocycles. The van der Waals surface area contributed by atoms with Gasteiger partial charge in [-0.25, -0.2) is 14.8 Å². The van der Waals surface area contributed by atoms with Gasteiger partial charge in [-0.1, -0.05) is 6.07 Å². The number of hydrogen-bond donors (Lipinski definition) is 2. The molecule has 140 valence electrons. The molecule has 0 spiro atoms. The SMILES string of the molecule is CCN(CC)c1cccc(NC(=O)NC2=CCSC(c3ccncc3)=N2)n1. The monoisotopic (exact) mass is 382 g/mol. The van der Waals surface area contributed by atoms with Crippen LogP contribution in [0.5, 0.6) is 0 Å². The van der Waals surface area contributed by atoms with Crippen LogP contribution in [0.3, 0.4) is 0 Å². The van der Waals surface area contributed by atoms with Crippen LogP contribution < -0.4 is 15.5 Å². The lowest BCUT2D eigenvalue weighted by Gasteiger charge is -2.20. The predicted molar refractivity (Wildman–Crippen MR) is 111 cm³/mol. The van der Waals surface area contributed by atoms with Crippen molar-refractivity contribution in [1.82, 2.24) is 15.3 Å². The lowest BCUT2D eigenvalue weighted by Crippen LogP contribution is -2.29. The molecule has 0 fully saturated rings. The molecule has 2 amide bonds. The second kappa shape index (κ2) is 9.18. The number of thioether (sulfide) groups is 1. The third-order valence-corrected chi connectivity index (χ3v) is 4.88. The molecule has 2 aromatic rings. The molecular formula is C19H22N6OS. The first-order valence-corrected chi connectivity index (χ1v) is 9.80. The first kappa shape index (κ1) is 18.9. The average molecular weight is 382 g/mol. The van der Waals surface area contributed by atoms with Crippen molar-refractivity contribution in [1.29, 1.82) is 0 Å². The molecule has 0 saturated heterocycles. The van der Waals surface area contributed by atoms with Crippen molar-refractivity contribution in [3.63, 3.8) is 0 Å². The Kier molecular flexibility index (Phi) is 6.43. The zero-order valence-electron chi connectivity index (χ0n) is 15.3. The van der Waals surface area contributed by atoms with Crippen LogP contribution in [0.15, 0.2) is 59.6 Å². The Balaban J connectivity index is 1.65. The van der Waals surface area contributed by atoms with Crippen LogP contribution in [0.1, 0.15) is 19.4 Å². The first-order chi connectivity index (χ1) is 13.2. The molecule has 2 N–H and O–H groups in total. The van der Waals surface area contributed by atoms with E-state index < -0.39 is 0 Å². The number of nitrogens with zero attached hydrogens (tertiary/aromatic N) is 4. The fourth-order valence-corrected chi connectivity index (χ4v) is 3.45. The highest BCUT2D eigenvalue weighted by molar-refractivity contribution is 8.14. The van der Waals surface area contributed by atoms with E-state index in [1.807, 2.05) is 30.3 Å². The zero-order chi connectivity index (χ0) is 19.1. The maximum absolute atomic E-state index is 12.3. The van der Waals surface area contributed by atoms with Crippen LogP contribution in [0, 0.1) is 0 Å². The number of carbonyl (C=O) groups excluding carboxylic acids is 1. The molecule has 0 radical (unpaired) electrons. The summed E-state index contributed by atoms with van der Waals surface area (Å²) in [7, 11) is 0. The quantitative estimate of drug-likeness (QED) is 0.799. The number of urea groups is 1. The average Bonchev–Trinajstić information content (AvgIpc) is 2.70. The maximum Gasteiger partial charge on any atom is 0.326 e. The highest BCUT2D eigenvalue weighted by Crippen LogP contribution is 2.20. The van der Waals surface area contributed by atoms with Crippen molar-refractivity contribution in [2.45, 2.75) is 13.8 Å². The zero-order valence-corrected chi connectivity index (χ0v) is 16.2. The molecule has 3 rings (SSSR count). The minimum Gasteiger partial charge on any atom is -0.357 e. The van der Waals surface area contributed by atoms with Crippen LogP contribution in [0.4, 0.5) is 16.4 Å². The summed E-state index contributed by atoms with van der Waals surface area (Å²) >= 11 is 1.62. The molecule has 0 saturated carbocycles. The summed E-state index contributed by atoms with van der Waals surface area (Å²) in [6, 6.07) is 9.02. The Hall–Kier alpha value is -2.87. The van der Waals surface area contributed by atoms with E-state index in [4.69, 9.17) is 0 Å². The summed E-state index contributed by atoms with van der Waals surface area (Å²) in [5.74, 6) is 2.61. The number of pyridine rings is 2. The van der Waals surface area contributed by atoms with Gasteiger partial charge in [0.25, 0.3) is 0 Å². The number of aliphatic imine (C=N–C) groups is 1. The number of hydrogen-bond acceptors (Lipinski definition) is 6. The summed E-state index contributed by atoms with van der Waals surface area (Å²) in [5.41, 5.74) is 0.983. The Bertz CT molecular complexity index is 848. The lowest BCUT2D eigenvalue weighted by atomic mass is 10.3. The van der Waals surface area contributed by atoms with Crippen LogP contribution in [0.2, 0.25) is 0 Å². The van der Waals surface area contributed by atoms with Crippen molar-refractivity contribution < 1.29 is 4.79 Å². The van der Waals surface area contributed by atoms with Gasteiger partial charge in [0.2, 0.25) is 0 Å². The second-order valence-electron chi connectivity index (χ2n) is 5.69. The van der Waals surface area contributed by atoms with Crippen LogP contribution in [-0.4, -0.2) is 39.9 Å². The topological polar surface area (TPSA) is 82.5 Å². The largest absolute Gasteiger partial charge is 0.357 e. The third kappa shape index (κ3) is 5.07. The Morgan fingerprint density at radius 1 is 1.15 bits per heavy atom. The molecular weight excluding hydrogens is 360 g/mol. The van der Waals surface area contributed by atoms with Gasteiger partial charge in [0, 0.05) is 36.8 Å². The number of amides is 2. The van der Waals surface area contributed by atoms with Gasteiger partial charge >= 0.3 is 6.03 Å². The number of aromatic nitrogens is 2. The van der Waals surface area contributed by atoms with Crippen molar-refractivity contribution in [2.24, 2.45) is 4.99 Å². The summed E-state index contributed by atoms with van der Waals surface area (Å²) in [6.07, 6.45) is 5.34. The Morgan fingerprint density at radius 3 is 2.67 bits per heavy atom. The second-order valence-corrected chi connectivity index (χ2v) is 6.69. The standard InChI is InChI=1S/C19H22N6OS/c1-3-25(4-2)17-7-5-6-15(21-17)23-19(26)24-16-10-13-27-18(22-16)14-8-11-20-12-9-14/h5-12H,3-4,13H2,1-2H3,(H2,21,23,24,26). The van der Waals surface area contributed by atoms with Crippen LogP contribution in [-0.2, 0) is 0 Å². The summed E-state index contributed by atoms with van der Waals surface area (Å²) in [6.45, 7) is 5.86. The summed E-state index contributed by atoms with van der Waals surface area (Å²) in [4.78, 5) is 27.5. The fourth-order valence-electron chi connectivity index (χ4n) is 2.59. The fraction of sp³-hybridized carbons (Fsp3) is 0.263. The van der Waals surface area contributed by atoms with Gasteiger partial charge in [0.15, 0.2) is 0 Å². The smallest absolute Gasteiger partial charge is 0.326 e. The molecule has 1 aliphatic rings. The normalized spacial score (nSPS) is 13.4. The van der Waals surface area contributed by atoms with Crippen molar-refractivity contribution in [3.8, 4) is 0 Å². The highest BCUT2D eigenvalue weighted by atomic mass is 32.2. The predicted octanol–water partition coefficient (Wildman–Crippen LogP) is 3.48. The van der Waals surface area contributed by atoms with Gasteiger partial charge in [0.1, 0.15) is 22.5 Å². The van der Waals surface area contributed by atoms with E-state index in [2.05, 4.69) is 44.3 Å². The van der Waals surface area contributed by atoms with E-state index in [0.717, 1.165) is 35.3 Å². The Morgan fingerprint density at radius 2 is 1.93 bits per heavy atom. The summed E-state index contributed by atoms with van der Waals surface area (Å²) < 4.78 is 0. The molecule has 27 heavy (non-hydrogen) atoms. The van der Waals surface area contributed by atoms with E-state index in [0.29, 0.717) is 11.6 Å². The molecule has 0 unspecified atom stereocenters. The van der Waals surface area contributed by atoms with Crippen molar-refractivity contribution >= 4 is 34.5 Å². The molecule has 8 heteroatoms. The number of nitrogens with one attached hydrogen (secondary N) is 2. The lowest BCUT2D eigenvalue weighted by molar-refractivity contribution is 0.254. The van der Waals surface area contributed by atoms with Crippen LogP contribution >= 0.6 is 11.8 Å². The maximum atomic E-state index is 12.3. The van der Waals surface area contributed by atoms with E-state index in [1.54, 1.807) is 30.2 Å². The van der Waals surface area contributed by atoms with Gasteiger partial charge < -0.3 is 4.90 Å². The highest BCUT2D eigenvalue weighted by Gasteiger charge is 2.13. The van der Waals surface area contributed by atoms with Crippen molar-refractivity contribution in [2.75, 3.05) is 29.1 Å². The van der Waals surface area contributed by atoms with E-state index in [9.17, 15) is 4.79 Å². The molecule has 0 aliphatic carbocycles. The molecule has 7 nitrogen and oxygen atoms in total. The number of anilines is 2. The summed E-state index contributed by atoms with van der Waals surface area (Å²) in [5, 5.41) is 6.42. The van der Waals surface area contributed by atoms with Crippen LogP contribution in [0.25, 0.3) is 0 Å². The Labute approximate surface area is 163 Å².